The van der Waals surface area contributed by atoms with Crippen LogP contribution in [0.15, 0.2) is 18.2 Å². The average Bonchev–Trinajstić information content (AvgIpc) is 3.10. The Morgan fingerprint density at radius 1 is 1.27 bits per heavy atom. The van der Waals surface area contributed by atoms with Crippen molar-refractivity contribution < 1.29 is 14.7 Å². The third kappa shape index (κ3) is 2.40. The molecule has 6 heteroatoms. The van der Waals surface area contributed by atoms with Crippen LogP contribution in [0.5, 0.6) is 0 Å². The standard InChI is InChI=1S/C20H23N3O3/c1-11-4-12(2)17-15(6-13(3)22-16(17)5-11)18(24)23-8-14-7-21-9-20(14,10-23)19(25)26/h4-6,14,21H,7-10H2,1-3H3,(H,25,26)/t14-,20-/m0/s1. The zero-order valence-corrected chi connectivity index (χ0v) is 15.3. The second-order valence-corrected chi connectivity index (χ2v) is 7.76. The van der Waals surface area contributed by atoms with Crippen LogP contribution in [0.1, 0.15) is 27.2 Å². The number of fused-ring (bicyclic) bond motifs is 2. The van der Waals surface area contributed by atoms with E-state index in [9.17, 15) is 14.7 Å². The highest BCUT2D eigenvalue weighted by atomic mass is 16.4. The summed E-state index contributed by atoms with van der Waals surface area (Å²) in [5.74, 6) is -0.950. The molecule has 3 heterocycles. The van der Waals surface area contributed by atoms with Gasteiger partial charge in [-0.25, -0.2) is 0 Å². The molecule has 0 saturated carbocycles. The summed E-state index contributed by atoms with van der Waals surface area (Å²) in [6.07, 6.45) is 0. The molecule has 2 N–H and O–H groups in total. The van der Waals surface area contributed by atoms with E-state index in [0.717, 1.165) is 27.7 Å². The fraction of sp³-hybridized carbons (Fsp3) is 0.450. The summed E-state index contributed by atoms with van der Waals surface area (Å²) in [6.45, 7) is 7.69. The van der Waals surface area contributed by atoms with E-state index < -0.39 is 11.4 Å². The highest BCUT2D eigenvalue weighted by molar-refractivity contribution is 6.07. The largest absolute Gasteiger partial charge is 0.481 e. The maximum Gasteiger partial charge on any atom is 0.313 e. The molecule has 0 unspecified atom stereocenters. The van der Waals surface area contributed by atoms with E-state index >= 15 is 0 Å². The summed E-state index contributed by atoms with van der Waals surface area (Å²) < 4.78 is 0. The molecule has 2 aliphatic heterocycles. The van der Waals surface area contributed by atoms with Gasteiger partial charge in [0.2, 0.25) is 0 Å². The van der Waals surface area contributed by atoms with Crippen LogP contribution in [0.3, 0.4) is 0 Å². The van der Waals surface area contributed by atoms with E-state index in [1.165, 1.54) is 0 Å². The van der Waals surface area contributed by atoms with Gasteiger partial charge < -0.3 is 15.3 Å². The van der Waals surface area contributed by atoms with Gasteiger partial charge >= 0.3 is 5.97 Å². The third-order valence-corrected chi connectivity index (χ3v) is 5.85. The molecule has 2 aromatic rings. The molecular formula is C20H23N3O3. The first-order chi connectivity index (χ1) is 12.3. The topological polar surface area (TPSA) is 82.5 Å². The normalized spacial score (nSPS) is 24.9. The molecule has 2 aliphatic rings. The lowest BCUT2D eigenvalue weighted by Crippen LogP contribution is -2.41. The summed E-state index contributed by atoms with van der Waals surface area (Å²) in [6, 6.07) is 5.87. The Kier molecular flexibility index (Phi) is 3.77. The van der Waals surface area contributed by atoms with Crippen molar-refractivity contribution in [2.24, 2.45) is 11.3 Å². The molecule has 0 bridgehead atoms. The van der Waals surface area contributed by atoms with Crippen LogP contribution in [0.25, 0.3) is 10.9 Å². The Bertz CT molecular complexity index is 934. The molecule has 0 aliphatic carbocycles. The molecule has 26 heavy (non-hydrogen) atoms. The number of aryl methyl sites for hydroxylation is 3. The zero-order valence-electron chi connectivity index (χ0n) is 15.3. The monoisotopic (exact) mass is 353 g/mol. The Hall–Kier alpha value is -2.47. The van der Waals surface area contributed by atoms with E-state index in [1.54, 1.807) is 4.90 Å². The van der Waals surface area contributed by atoms with Gasteiger partial charge in [-0.1, -0.05) is 6.07 Å². The van der Waals surface area contributed by atoms with Crippen LogP contribution >= 0.6 is 0 Å². The Morgan fingerprint density at radius 2 is 2.04 bits per heavy atom. The Labute approximate surface area is 152 Å². The van der Waals surface area contributed by atoms with Gasteiger partial charge in [-0.05, 0) is 44.0 Å². The smallest absolute Gasteiger partial charge is 0.313 e. The zero-order chi connectivity index (χ0) is 18.6. The van der Waals surface area contributed by atoms with Crippen molar-refractivity contribution >= 4 is 22.8 Å². The Balaban J connectivity index is 1.77. The summed E-state index contributed by atoms with van der Waals surface area (Å²) in [4.78, 5) is 31.5. The maximum absolute atomic E-state index is 13.3. The van der Waals surface area contributed by atoms with E-state index in [0.29, 0.717) is 25.2 Å². The van der Waals surface area contributed by atoms with E-state index in [2.05, 4.69) is 16.4 Å². The average molecular weight is 353 g/mol. The molecule has 1 amide bonds. The number of carbonyl (C=O) groups excluding carboxylic acids is 1. The molecule has 2 atom stereocenters. The van der Waals surface area contributed by atoms with E-state index in [4.69, 9.17) is 0 Å². The van der Waals surface area contributed by atoms with Crippen LogP contribution in [-0.4, -0.2) is 53.0 Å². The van der Waals surface area contributed by atoms with Crippen molar-refractivity contribution in [3.63, 3.8) is 0 Å². The SMILES string of the molecule is Cc1cc(C)c2c(C(=O)N3C[C@@H]4CNC[C@]4(C(=O)O)C3)cc(C)nc2c1. The minimum atomic E-state index is -0.862. The molecule has 4 rings (SSSR count). The first-order valence-corrected chi connectivity index (χ1v) is 8.94. The first kappa shape index (κ1) is 17.0. The predicted molar refractivity (Wildman–Crippen MR) is 98.3 cm³/mol. The van der Waals surface area contributed by atoms with Crippen LogP contribution in [0, 0.1) is 32.1 Å². The van der Waals surface area contributed by atoms with Crippen molar-refractivity contribution in [1.82, 2.24) is 15.2 Å². The molecule has 2 saturated heterocycles. The molecule has 136 valence electrons. The number of hydrogen-bond acceptors (Lipinski definition) is 4. The van der Waals surface area contributed by atoms with Crippen LogP contribution < -0.4 is 5.32 Å². The molecule has 2 fully saturated rings. The number of aliphatic carboxylic acids is 1. The number of carbonyl (C=O) groups is 2. The van der Waals surface area contributed by atoms with Crippen LogP contribution in [0.2, 0.25) is 0 Å². The van der Waals surface area contributed by atoms with Gasteiger partial charge in [0.05, 0.1) is 11.1 Å². The fourth-order valence-electron chi connectivity index (χ4n) is 4.60. The van der Waals surface area contributed by atoms with Crippen LogP contribution in [0.4, 0.5) is 0 Å². The minimum absolute atomic E-state index is 0.0403. The second-order valence-electron chi connectivity index (χ2n) is 7.76. The number of likely N-dealkylation sites (tertiary alicyclic amines) is 1. The van der Waals surface area contributed by atoms with Gasteiger partial charge in [-0.2, -0.15) is 0 Å². The van der Waals surface area contributed by atoms with Crippen molar-refractivity contribution in [1.29, 1.82) is 0 Å². The van der Waals surface area contributed by atoms with Crippen molar-refractivity contribution in [3.8, 4) is 0 Å². The van der Waals surface area contributed by atoms with Crippen molar-refractivity contribution in [2.75, 3.05) is 26.2 Å². The predicted octanol–water partition coefficient (Wildman–Crippen LogP) is 1.91. The van der Waals surface area contributed by atoms with Gasteiger partial charge in [-0.3, -0.25) is 14.6 Å². The lowest BCUT2D eigenvalue weighted by Gasteiger charge is -2.23. The molecule has 1 aromatic carbocycles. The maximum atomic E-state index is 13.3. The highest BCUT2D eigenvalue weighted by Gasteiger charge is 2.56. The summed E-state index contributed by atoms with van der Waals surface area (Å²) in [5, 5.41) is 13.8. The Morgan fingerprint density at radius 3 is 2.73 bits per heavy atom. The summed E-state index contributed by atoms with van der Waals surface area (Å²) in [7, 11) is 0. The number of pyridine rings is 1. The fourth-order valence-corrected chi connectivity index (χ4v) is 4.60. The molecule has 0 spiro atoms. The quantitative estimate of drug-likeness (QED) is 0.862. The number of carboxylic acids is 1. The van der Waals surface area contributed by atoms with E-state index in [-0.39, 0.29) is 18.4 Å². The second kappa shape index (κ2) is 5.77. The first-order valence-electron chi connectivity index (χ1n) is 8.94. The molecule has 1 aromatic heterocycles. The summed E-state index contributed by atoms with van der Waals surface area (Å²) >= 11 is 0. The van der Waals surface area contributed by atoms with Gasteiger partial charge in [-0.15, -0.1) is 0 Å². The molecule has 0 radical (unpaired) electrons. The molecular weight excluding hydrogens is 330 g/mol. The lowest BCUT2D eigenvalue weighted by atomic mass is 9.81. The van der Waals surface area contributed by atoms with Crippen LogP contribution in [-0.2, 0) is 4.79 Å². The number of benzene rings is 1. The lowest BCUT2D eigenvalue weighted by molar-refractivity contribution is -0.148. The van der Waals surface area contributed by atoms with Crippen molar-refractivity contribution in [3.05, 3.63) is 40.6 Å². The summed E-state index contributed by atoms with van der Waals surface area (Å²) in [5.41, 5.74) is 3.50. The number of carboxylic acid groups (broad SMARTS) is 1. The third-order valence-electron chi connectivity index (χ3n) is 5.85. The number of rotatable bonds is 2. The van der Waals surface area contributed by atoms with Gasteiger partial charge in [0.25, 0.3) is 5.91 Å². The number of aromatic nitrogens is 1. The van der Waals surface area contributed by atoms with Gasteiger partial charge in [0.15, 0.2) is 0 Å². The minimum Gasteiger partial charge on any atom is -0.481 e. The van der Waals surface area contributed by atoms with Gasteiger partial charge in [0.1, 0.15) is 5.41 Å². The number of amides is 1. The van der Waals surface area contributed by atoms with E-state index in [1.807, 2.05) is 32.9 Å². The number of nitrogens with zero attached hydrogens (tertiary/aromatic N) is 2. The number of hydrogen-bond donors (Lipinski definition) is 2. The molecule has 6 nitrogen and oxygen atoms in total. The highest BCUT2D eigenvalue weighted by Crippen LogP contribution is 2.40. The number of nitrogens with one attached hydrogen (secondary N) is 1. The van der Waals surface area contributed by atoms with Gasteiger partial charge in [0, 0.05) is 43.2 Å². The van der Waals surface area contributed by atoms with Crippen molar-refractivity contribution in [2.45, 2.75) is 20.8 Å².